The van der Waals surface area contributed by atoms with Gasteiger partial charge in [-0.15, -0.1) is 5.10 Å². The third kappa shape index (κ3) is 1.62. The number of hydrogen-bond acceptors (Lipinski definition) is 4. The summed E-state index contributed by atoms with van der Waals surface area (Å²) >= 11 is 5.83. The van der Waals surface area contributed by atoms with E-state index in [1.54, 1.807) is 13.0 Å². The molecular weight excluding hydrogens is 192 g/mol. The van der Waals surface area contributed by atoms with E-state index in [9.17, 15) is 0 Å². The lowest BCUT2D eigenvalue weighted by molar-refractivity contribution is 0.159. The quantitative estimate of drug-likeness (QED) is 0.555. The zero-order valence-electron chi connectivity index (χ0n) is 7.30. The first-order chi connectivity index (χ1) is 6.07. The lowest BCUT2D eigenvalue weighted by atomic mass is 10.4. The van der Waals surface area contributed by atoms with Crippen molar-refractivity contribution in [3.63, 3.8) is 0 Å². The van der Waals surface area contributed by atoms with Gasteiger partial charge in [0.15, 0.2) is 5.76 Å². The molecule has 0 saturated carbocycles. The Balaban J connectivity index is 2.21. The van der Waals surface area contributed by atoms with Gasteiger partial charge in [-0.05, 0) is 30.7 Å². The molecule has 2 rings (SSSR count). The number of halogens is 1. The van der Waals surface area contributed by atoms with E-state index in [4.69, 9.17) is 20.8 Å². The van der Waals surface area contributed by atoms with Gasteiger partial charge in [0.25, 0.3) is 11.1 Å². The van der Waals surface area contributed by atoms with Gasteiger partial charge in [-0.1, -0.05) is 0 Å². The summed E-state index contributed by atoms with van der Waals surface area (Å²) in [6.07, 6.45) is 0. The molecule has 1 N–H and O–H groups in total. The molecule has 0 radical (unpaired) electrons. The minimum Gasteiger partial charge on any atom is -0.456 e. The molecule has 4 nitrogen and oxygen atoms in total. The Morgan fingerprint density at radius 3 is 2.77 bits per heavy atom. The largest absolute Gasteiger partial charge is 0.456 e. The van der Waals surface area contributed by atoms with E-state index in [-0.39, 0.29) is 0 Å². The van der Waals surface area contributed by atoms with Gasteiger partial charge in [-0.25, -0.2) is 0 Å². The molecule has 1 aliphatic rings. The first-order valence-electron chi connectivity index (χ1n) is 3.86. The van der Waals surface area contributed by atoms with Crippen LogP contribution in [0.1, 0.15) is 18.4 Å². The second-order valence-corrected chi connectivity index (χ2v) is 3.68. The summed E-state index contributed by atoms with van der Waals surface area (Å²) in [6, 6.07) is 3.62. The second kappa shape index (κ2) is 2.67. The molecular formula is C8H9ClN2O2. The monoisotopic (exact) mass is 200 g/mol. The van der Waals surface area contributed by atoms with Crippen molar-refractivity contribution in [3.8, 4) is 0 Å². The molecule has 1 unspecified atom stereocenters. The first-order valence-corrected chi connectivity index (χ1v) is 4.24. The summed E-state index contributed by atoms with van der Waals surface area (Å²) in [7, 11) is 0. The highest BCUT2D eigenvalue weighted by Crippen LogP contribution is 2.21. The molecule has 0 saturated heterocycles. The van der Waals surface area contributed by atoms with Gasteiger partial charge in [-0.2, -0.15) is 0 Å². The van der Waals surface area contributed by atoms with Crippen LogP contribution in [-0.2, 0) is 4.74 Å². The van der Waals surface area contributed by atoms with Crippen LogP contribution in [0, 0.1) is 6.92 Å². The summed E-state index contributed by atoms with van der Waals surface area (Å²) < 4.78 is 10.6. The van der Waals surface area contributed by atoms with Gasteiger partial charge in [0.05, 0.1) is 0 Å². The number of rotatable bonds is 1. The van der Waals surface area contributed by atoms with E-state index >= 15 is 0 Å². The summed E-state index contributed by atoms with van der Waals surface area (Å²) in [6.45, 7) is 3.52. The van der Waals surface area contributed by atoms with Crippen molar-refractivity contribution in [2.75, 3.05) is 0 Å². The average Bonchev–Trinajstić information content (AvgIpc) is 2.56. The highest BCUT2D eigenvalue weighted by atomic mass is 35.5. The van der Waals surface area contributed by atoms with Crippen molar-refractivity contribution in [3.05, 3.63) is 23.7 Å². The summed E-state index contributed by atoms with van der Waals surface area (Å²) in [5.41, 5.74) is 2.62. The van der Waals surface area contributed by atoms with Crippen molar-refractivity contribution >= 4 is 17.5 Å². The standard InChI is InChI=1S/C8H9ClN2O2/c1-5-3-4-6(12-5)7-10-11-8(2,9)13-7/h3-4,11H,1-2H3. The van der Waals surface area contributed by atoms with Gasteiger partial charge < -0.3 is 9.15 Å². The molecule has 0 aliphatic carbocycles. The molecule has 0 aromatic carbocycles. The number of hydrogen-bond donors (Lipinski definition) is 1. The normalized spacial score (nSPS) is 26.5. The average molecular weight is 201 g/mol. The van der Waals surface area contributed by atoms with Crippen LogP contribution in [0.4, 0.5) is 0 Å². The number of furan rings is 1. The zero-order chi connectivity index (χ0) is 9.47. The van der Waals surface area contributed by atoms with Gasteiger partial charge in [0, 0.05) is 6.92 Å². The fourth-order valence-corrected chi connectivity index (χ4v) is 1.15. The molecule has 0 amide bonds. The highest BCUT2D eigenvalue weighted by Gasteiger charge is 2.31. The van der Waals surface area contributed by atoms with E-state index in [2.05, 4.69) is 10.5 Å². The van der Waals surface area contributed by atoms with Crippen LogP contribution in [0.25, 0.3) is 0 Å². The number of hydrazone groups is 1. The molecule has 2 heterocycles. The van der Waals surface area contributed by atoms with Crippen LogP contribution in [0.3, 0.4) is 0 Å². The molecule has 0 fully saturated rings. The number of nitrogens with one attached hydrogen (secondary N) is 1. The maximum absolute atomic E-state index is 5.83. The third-order valence-corrected chi connectivity index (χ3v) is 1.76. The Labute approximate surface area is 80.5 Å². The SMILES string of the molecule is Cc1ccc(C2=NNC(C)(Cl)O2)o1. The van der Waals surface area contributed by atoms with Gasteiger partial charge in [0.2, 0.25) is 0 Å². The Hall–Kier alpha value is -1.16. The van der Waals surface area contributed by atoms with Crippen LogP contribution < -0.4 is 5.43 Å². The molecule has 13 heavy (non-hydrogen) atoms. The van der Waals surface area contributed by atoms with Gasteiger partial charge in [0.1, 0.15) is 5.76 Å². The van der Waals surface area contributed by atoms with Crippen LogP contribution in [0.2, 0.25) is 0 Å². The zero-order valence-corrected chi connectivity index (χ0v) is 8.05. The number of alkyl halides is 1. The van der Waals surface area contributed by atoms with Crippen LogP contribution in [-0.4, -0.2) is 11.1 Å². The van der Waals surface area contributed by atoms with Crippen molar-refractivity contribution in [2.45, 2.75) is 19.0 Å². The minimum absolute atomic E-state index is 0.380. The van der Waals surface area contributed by atoms with Crippen LogP contribution >= 0.6 is 11.6 Å². The number of ether oxygens (including phenoxy) is 1. The van der Waals surface area contributed by atoms with E-state index in [1.165, 1.54) is 0 Å². The topological polar surface area (TPSA) is 46.8 Å². The molecule has 1 aromatic heterocycles. The Kier molecular flexibility index (Phi) is 1.73. The number of nitrogens with zero attached hydrogens (tertiary/aromatic N) is 1. The lowest BCUT2D eigenvalue weighted by Gasteiger charge is -2.13. The van der Waals surface area contributed by atoms with E-state index < -0.39 is 5.18 Å². The lowest BCUT2D eigenvalue weighted by Crippen LogP contribution is -2.30. The van der Waals surface area contributed by atoms with Gasteiger partial charge >= 0.3 is 0 Å². The van der Waals surface area contributed by atoms with Crippen molar-refractivity contribution in [2.24, 2.45) is 5.10 Å². The van der Waals surface area contributed by atoms with Crippen LogP contribution in [0.5, 0.6) is 0 Å². The van der Waals surface area contributed by atoms with E-state index in [0.717, 1.165) is 5.76 Å². The Morgan fingerprint density at radius 1 is 1.54 bits per heavy atom. The molecule has 1 aliphatic heterocycles. The molecule has 1 atom stereocenters. The van der Waals surface area contributed by atoms with Gasteiger partial charge in [-0.3, -0.25) is 5.43 Å². The first kappa shape index (κ1) is 8.44. The molecule has 0 bridgehead atoms. The van der Waals surface area contributed by atoms with Crippen LogP contribution in [0.15, 0.2) is 21.7 Å². The van der Waals surface area contributed by atoms with E-state index in [0.29, 0.717) is 11.7 Å². The van der Waals surface area contributed by atoms with Crippen molar-refractivity contribution in [1.82, 2.24) is 5.43 Å². The van der Waals surface area contributed by atoms with Crippen molar-refractivity contribution < 1.29 is 9.15 Å². The maximum Gasteiger partial charge on any atom is 0.277 e. The van der Waals surface area contributed by atoms with Crippen molar-refractivity contribution in [1.29, 1.82) is 0 Å². The summed E-state index contributed by atoms with van der Waals surface area (Å²) in [5.74, 6) is 1.77. The minimum atomic E-state index is -0.962. The summed E-state index contributed by atoms with van der Waals surface area (Å²) in [5, 5.41) is 2.93. The van der Waals surface area contributed by atoms with E-state index in [1.807, 2.05) is 13.0 Å². The predicted octanol–water partition coefficient (Wildman–Crippen LogP) is 1.78. The smallest absolute Gasteiger partial charge is 0.277 e. The third-order valence-electron chi connectivity index (χ3n) is 1.60. The molecule has 1 aromatic rings. The molecule has 0 spiro atoms. The molecule has 70 valence electrons. The second-order valence-electron chi connectivity index (χ2n) is 2.96. The highest BCUT2D eigenvalue weighted by molar-refractivity contribution is 6.23. The summed E-state index contributed by atoms with van der Waals surface area (Å²) in [4.78, 5) is 0. The molecule has 5 heteroatoms. The fraction of sp³-hybridized carbons (Fsp3) is 0.375. The Morgan fingerprint density at radius 2 is 2.31 bits per heavy atom. The number of aryl methyl sites for hydroxylation is 1. The Bertz CT molecular complexity index is 357. The fourth-order valence-electron chi connectivity index (χ4n) is 1.03. The maximum atomic E-state index is 5.83. The predicted molar refractivity (Wildman–Crippen MR) is 48.5 cm³/mol.